The SMILES string of the molecule is COc1ccccc1CN(C(=O)Cc1c[nH]c2ccccc12)[C@H](C(=O)NC1CCCCC1)c1cccc(OC)c1OC. The largest absolute Gasteiger partial charge is 0.496 e. The van der Waals surface area contributed by atoms with E-state index in [0.717, 1.165) is 47.7 Å². The molecule has 1 aliphatic rings. The highest BCUT2D eigenvalue weighted by Crippen LogP contribution is 2.39. The van der Waals surface area contributed by atoms with Gasteiger partial charge in [0.25, 0.3) is 0 Å². The van der Waals surface area contributed by atoms with Crippen LogP contribution in [-0.2, 0) is 22.6 Å². The third-order valence-electron chi connectivity index (χ3n) is 8.11. The number of H-pyrrole nitrogens is 1. The molecule has 1 heterocycles. The standard InChI is InChI=1S/C34H39N3O5/c1-40-29-18-10-7-12-23(29)22-37(31(38)20-24-21-35-28-17-9-8-15-26(24)28)32(34(39)36-25-13-5-4-6-14-25)27-16-11-19-30(41-2)33(27)42-3/h7-12,15-19,21,25,32,35H,4-6,13-14,20,22H2,1-3H3,(H,36,39)/t32-/m0/s1. The highest BCUT2D eigenvalue weighted by Gasteiger charge is 2.36. The molecule has 0 bridgehead atoms. The Morgan fingerprint density at radius 1 is 0.857 bits per heavy atom. The second-order valence-corrected chi connectivity index (χ2v) is 10.7. The third-order valence-corrected chi connectivity index (χ3v) is 8.11. The number of aromatic nitrogens is 1. The number of hydrogen-bond acceptors (Lipinski definition) is 5. The van der Waals surface area contributed by atoms with Crippen molar-refractivity contribution < 1.29 is 23.8 Å². The first-order chi connectivity index (χ1) is 20.5. The van der Waals surface area contributed by atoms with Crippen LogP contribution in [0.3, 0.4) is 0 Å². The number of nitrogens with zero attached hydrogens (tertiary/aromatic N) is 1. The molecule has 2 amide bonds. The van der Waals surface area contributed by atoms with Crippen LogP contribution < -0.4 is 19.5 Å². The van der Waals surface area contributed by atoms with E-state index in [0.29, 0.717) is 22.8 Å². The average molecular weight is 570 g/mol. The fraction of sp³-hybridized carbons (Fsp3) is 0.353. The van der Waals surface area contributed by atoms with Crippen LogP contribution >= 0.6 is 0 Å². The molecule has 2 N–H and O–H groups in total. The highest BCUT2D eigenvalue weighted by atomic mass is 16.5. The summed E-state index contributed by atoms with van der Waals surface area (Å²) in [6.07, 6.45) is 7.13. The Morgan fingerprint density at radius 3 is 2.33 bits per heavy atom. The van der Waals surface area contributed by atoms with Crippen molar-refractivity contribution in [3.05, 3.63) is 89.6 Å². The predicted octanol–water partition coefficient (Wildman–Crippen LogP) is 5.96. The average Bonchev–Trinajstić information content (AvgIpc) is 3.43. The van der Waals surface area contributed by atoms with Gasteiger partial charge in [-0.15, -0.1) is 0 Å². The first kappa shape index (κ1) is 29.0. The Balaban J connectivity index is 1.61. The molecule has 1 saturated carbocycles. The molecule has 1 fully saturated rings. The van der Waals surface area contributed by atoms with Crippen LogP contribution in [0.15, 0.2) is 72.9 Å². The molecule has 8 heteroatoms. The number of hydrogen-bond donors (Lipinski definition) is 2. The van der Waals surface area contributed by atoms with E-state index >= 15 is 0 Å². The Labute approximate surface area is 247 Å². The zero-order chi connectivity index (χ0) is 29.5. The summed E-state index contributed by atoms with van der Waals surface area (Å²) in [5, 5.41) is 4.25. The maximum absolute atomic E-state index is 14.4. The van der Waals surface area contributed by atoms with Gasteiger partial charge < -0.3 is 29.4 Å². The summed E-state index contributed by atoms with van der Waals surface area (Å²) >= 11 is 0. The molecule has 8 nitrogen and oxygen atoms in total. The van der Waals surface area contributed by atoms with Gasteiger partial charge in [-0.25, -0.2) is 0 Å². The lowest BCUT2D eigenvalue weighted by molar-refractivity contribution is -0.141. The lowest BCUT2D eigenvalue weighted by atomic mass is 9.94. The number of para-hydroxylation sites is 3. The van der Waals surface area contributed by atoms with Gasteiger partial charge >= 0.3 is 0 Å². The van der Waals surface area contributed by atoms with Crippen molar-refractivity contribution in [1.29, 1.82) is 0 Å². The molecule has 0 spiro atoms. The molecule has 4 aromatic rings. The van der Waals surface area contributed by atoms with Gasteiger partial charge in [-0.2, -0.15) is 0 Å². The minimum absolute atomic E-state index is 0.0576. The Morgan fingerprint density at radius 2 is 1.57 bits per heavy atom. The summed E-state index contributed by atoms with van der Waals surface area (Å²) in [5.41, 5.74) is 3.18. The number of ether oxygens (including phenoxy) is 3. The molecule has 0 unspecified atom stereocenters. The van der Waals surface area contributed by atoms with Crippen LogP contribution in [0.1, 0.15) is 54.8 Å². The summed E-state index contributed by atoms with van der Waals surface area (Å²) in [4.78, 5) is 33.7. The molecule has 5 rings (SSSR count). The first-order valence-electron chi connectivity index (χ1n) is 14.5. The number of benzene rings is 3. The number of nitrogens with one attached hydrogen (secondary N) is 2. The quantitative estimate of drug-likeness (QED) is 0.233. The van der Waals surface area contributed by atoms with Crippen molar-refractivity contribution in [2.45, 2.75) is 57.2 Å². The normalized spacial score (nSPS) is 14.3. The zero-order valence-corrected chi connectivity index (χ0v) is 24.5. The number of fused-ring (bicyclic) bond motifs is 1. The molecule has 3 aromatic carbocycles. The smallest absolute Gasteiger partial charge is 0.247 e. The van der Waals surface area contributed by atoms with E-state index in [1.165, 1.54) is 6.42 Å². The van der Waals surface area contributed by atoms with Gasteiger partial charge in [0.2, 0.25) is 11.8 Å². The lowest BCUT2D eigenvalue weighted by Crippen LogP contribution is -2.47. The van der Waals surface area contributed by atoms with Crippen LogP contribution in [0.4, 0.5) is 0 Å². The molecule has 0 aliphatic heterocycles. The number of rotatable bonds is 11. The minimum Gasteiger partial charge on any atom is -0.496 e. The van der Waals surface area contributed by atoms with E-state index in [9.17, 15) is 9.59 Å². The zero-order valence-electron chi connectivity index (χ0n) is 24.5. The summed E-state index contributed by atoms with van der Waals surface area (Å²) < 4.78 is 17.1. The van der Waals surface area contributed by atoms with E-state index in [1.807, 2.05) is 66.9 Å². The fourth-order valence-corrected chi connectivity index (χ4v) is 5.99. The maximum Gasteiger partial charge on any atom is 0.247 e. The van der Waals surface area contributed by atoms with E-state index in [-0.39, 0.29) is 30.8 Å². The summed E-state index contributed by atoms with van der Waals surface area (Å²) in [6.45, 7) is 0.161. The van der Waals surface area contributed by atoms with Crippen LogP contribution in [0.5, 0.6) is 17.2 Å². The van der Waals surface area contributed by atoms with Crippen molar-refractivity contribution in [3.8, 4) is 17.2 Å². The molecular weight excluding hydrogens is 530 g/mol. The number of methoxy groups -OCH3 is 3. The Bertz CT molecular complexity index is 1520. The van der Waals surface area contributed by atoms with Gasteiger partial charge in [0.05, 0.1) is 34.3 Å². The lowest BCUT2D eigenvalue weighted by Gasteiger charge is -2.34. The van der Waals surface area contributed by atoms with E-state index in [2.05, 4.69) is 10.3 Å². The molecule has 0 saturated heterocycles. The van der Waals surface area contributed by atoms with Gasteiger partial charge in [-0.05, 0) is 36.6 Å². The van der Waals surface area contributed by atoms with Crippen molar-refractivity contribution in [2.75, 3.05) is 21.3 Å². The van der Waals surface area contributed by atoms with E-state index in [4.69, 9.17) is 14.2 Å². The van der Waals surface area contributed by atoms with Gasteiger partial charge in [0.1, 0.15) is 11.8 Å². The van der Waals surface area contributed by atoms with Gasteiger partial charge in [-0.3, -0.25) is 9.59 Å². The van der Waals surface area contributed by atoms with Crippen molar-refractivity contribution in [2.24, 2.45) is 0 Å². The maximum atomic E-state index is 14.4. The van der Waals surface area contributed by atoms with Crippen LogP contribution in [0, 0.1) is 0 Å². The van der Waals surface area contributed by atoms with Gasteiger partial charge in [0.15, 0.2) is 11.5 Å². The number of carbonyl (C=O) groups excluding carboxylic acids is 2. The van der Waals surface area contributed by atoms with Crippen LogP contribution in [0.2, 0.25) is 0 Å². The van der Waals surface area contributed by atoms with Crippen LogP contribution in [0.25, 0.3) is 10.9 Å². The Kier molecular flexibility index (Phi) is 9.31. The number of carbonyl (C=O) groups is 2. The minimum atomic E-state index is -0.973. The summed E-state index contributed by atoms with van der Waals surface area (Å²) in [7, 11) is 4.72. The molecule has 220 valence electrons. The molecule has 1 aliphatic carbocycles. The van der Waals surface area contributed by atoms with E-state index in [1.54, 1.807) is 32.3 Å². The fourth-order valence-electron chi connectivity index (χ4n) is 5.99. The van der Waals surface area contributed by atoms with Crippen molar-refractivity contribution in [3.63, 3.8) is 0 Å². The van der Waals surface area contributed by atoms with Crippen molar-refractivity contribution in [1.82, 2.24) is 15.2 Å². The summed E-state index contributed by atoms with van der Waals surface area (Å²) in [6, 6.07) is 20.0. The van der Waals surface area contributed by atoms with Gasteiger partial charge in [0, 0.05) is 34.3 Å². The van der Waals surface area contributed by atoms with E-state index < -0.39 is 6.04 Å². The monoisotopic (exact) mass is 569 g/mol. The molecular formula is C34H39N3O5. The molecule has 42 heavy (non-hydrogen) atoms. The predicted molar refractivity (Wildman–Crippen MR) is 163 cm³/mol. The van der Waals surface area contributed by atoms with Crippen LogP contribution in [-0.4, -0.2) is 49.1 Å². The first-order valence-corrected chi connectivity index (χ1v) is 14.5. The molecule has 1 atom stereocenters. The molecule has 0 radical (unpaired) electrons. The second kappa shape index (κ2) is 13.5. The highest BCUT2D eigenvalue weighted by molar-refractivity contribution is 5.93. The second-order valence-electron chi connectivity index (χ2n) is 10.7. The number of aromatic amines is 1. The molecule has 1 aromatic heterocycles. The number of amides is 2. The summed E-state index contributed by atoms with van der Waals surface area (Å²) in [5.74, 6) is 1.13. The topological polar surface area (TPSA) is 92.9 Å². The van der Waals surface area contributed by atoms with Crippen molar-refractivity contribution >= 4 is 22.7 Å². The third kappa shape index (κ3) is 6.22. The Hall–Kier alpha value is -4.46. The van der Waals surface area contributed by atoms with Gasteiger partial charge in [-0.1, -0.05) is 67.8 Å².